The molecule has 1 fully saturated rings. The van der Waals surface area contributed by atoms with Crippen LogP contribution < -0.4 is 0 Å². The summed E-state index contributed by atoms with van der Waals surface area (Å²) >= 11 is 0. The number of nitrogens with zero attached hydrogens (tertiary/aromatic N) is 3. The normalized spacial score (nSPS) is 19.9. The van der Waals surface area contributed by atoms with E-state index in [4.69, 9.17) is 0 Å². The molecule has 35 heavy (non-hydrogen) atoms. The molecule has 7 heteroatoms. The molecule has 0 bridgehead atoms. The second-order valence-electron chi connectivity index (χ2n) is 11.4. The number of aliphatic hydroxyl groups excluding tert-OH is 1. The van der Waals surface area contributed by atoms with Gasteiger partial charge in [-0.05, 0) is 43.2 Å². The number of fused-ring (bicyclic) bond motifs is 1. The standard InChI is InChI=1S/C28H41N5O2/c1-18-10-12-32(27(18)35)17-19(2)33(13-14-34)22-8-7-21-15-25(29-24(21)16-22)26-23(20(3)30-31-26)9-11-28(4,5)6/h7-8,15,18,22,29,34H,2,9-14,16-17H2,1,3-6H3,(H,30,31). The maximum atomic E-state index is 12.4. The Hall–Kier alpha value is -2.80. The molecule has 3 N–H and O–H groups in total. The van der Waals surface area contributed by atoms with Gasteiger partial charge in [-0.2, -0.15) is 5.10 Å². The number of rotatable bonds is 9. The fraction of sp³-hybridized carbons (Fsp3) is 0.571. The number of aliphatic hydroxyl groups is 1. The van der Waals surface area contributed by atoms with E-state index in [-0.39, 0.29) is 29.9 Å². The third-order valence-corrected chi connectivity index (χ3v) is 7.39. The molecule has 1 saturated heterocycles. The predicted molar refractivity (Wildman–Crippen MR) is 141 cm³/mol. The lowest BCUT2D eigenvalue weighted by Crippen LogP contribution is -2.42. The summed E-state index contributed by atoms with van der Waals surface area (Å²) in [6.45, 7) is 17.0. The first-order valence-corrected chi connectivity index (χ1v) is 12.9. The van der Waals surface area contributed by atoms with Gasteiger partial charge in [0.05, 0.1) is 24.9 Å². The van der Waals surface area contributed by atoms with Crippen LogP contribution in [-0.4, -0.2) is 68.3 Å². The fourth-order valence-corrected chi connectivity index (χ4v) is 5.17. The van der Waals surface area contributed by atoms with Crippen LogP contribution in [0, 0.1) is 18.3 Å². The number of carbonyl (C=O) groups is 1. The molecule has 2 aromatic rings. The van der Waals surface area contributed by atoms with Crippen LogP contribution in [0.25, 0.3) is 17.5 Å². The summed E-state index contributed by atoms with van der Waals surface area (Å²) in [7, 11) is 0. The molecule has 0 spiro atoms. The van der Waals surface area contributed by atoms with Gasteiger partial charge in [-0.15, -0.1) is 0 Å². The van der Waals surface area contributed by atoms with Gasteiger partial charge >= 0.3 is 0 Å². The number of likely N-dealkylation sites (tertiary alicyclic amines) is 1. The second kappa shape index (κ2) is 10.1. The summed E-state index contributed by atoms with van der Waals surface area (Å²) in [6, 6.07) is 2.26. The SMILES string of the molecule is C=C(CN1CCC(C)C1=O)N(CCO)C1C=Cc2cc(-c3n[nH]c(C)c3CCC(C)(C)C)[nH]c2C1. The molecular formula is C28H41N5O2. The Morgan fingerprint density at radius 3 is 2.80 bits per heavy atom. The summed E-state index contributed by atoms with van der Waals surface area (Å²) in [6.07, 6.45) is 8.11. The van der Waals surface area contributed by atoms with Crippen molar-refractivity contribution in [1.82, 2.24) is 25.0 Å². The number of amides is 1. The first-order valence-electron chi connectivity index (χ1n) is 12.9. The highest BCUT2D eigenvalue weighted by molar-refractivity contribution is 5.80. The molecule has 2 aliphatic rings. The highest BCUT2D eigenvalue weighted by Gasteiger charge is 2.30. The number of aromatic nitrogens is 3. The molecule has 2 aromatic heterocycles. The van der Waals surface area contributed by atoms with E-state index in [0.717, 1.165) is 60.7 Å². The Morgan fingerprint density at radius 2 is 2.14 bits per heavy atom. The maximum Gasteiger partial charge on any atom is 0.225 e. The average Bonchev–Trinajstić information content (AvgIpc) is 3.47. The van der Waals surface area contributed by atoms with Crippen LogP contribution in [0.15, 0.2) is 24.4 Å². The van der Waals surface area contributed by atoms with Gasteiger partial charge in [-0.3, -0.25) is 9.89 Å². The quantitative estimate of drug-likeness (QED) is 0.500. The van der Waals surface area contributed by atoms with Gasteiger partial charge in [0.2, 0.25) is 5.91 Å². The van der Waals surface area contributed by atoms with Crippen LogP contribution in [-0.2, 0) is 17.6 Å². The van der Waals surface area contributed by atoms with Gasteiger partial charge < -0.3 is 19.9 Å². The largest absolute Gasteiger partial charge is 0.395 e. The van der Waals surface area contributed by atoms with Crippen molar-refractivity contribution in [1.29, 1.82) is 0 Å². The molecule has 3 heterocycles. The first-order chi connectivity index (χ1) is 16.6. The maximum absolute atomic E-state index is 12.4. The topological polar surface area (TPSA) is 88.2 Å². The van der Waals surface area contributed by atoms with Gasteiger partial charge in [0, 0.05) is 48.1 Å². The molecule has 190 valence electrons. The Morgan fingerprint density at radius 1 is 1.37 bits per heavy atom. The van der Waals surface area contributed by atoms with E-state index >= 15 is 0 Å². The van der Waals surface area contributed by atoms with Crippen LogP contribution in [0.5, 0.6) is 0 Å². The van der Waals surface area contributed by atoms with Crippen LogP contribution in [0.4, 0.5) is 0 Å². The third kappa shape index (κ3) is 5.56. The zero-order valence-electron chi connectivity index (χ0n) is 21.9. The van der Waals surface area contributed by atoms with Crippen LogP contribution in [0.2, 0.25) is 0 Å². The first kappa shape index (κ1) is 25.3. The van der Waals surface area contributed by atoms with Crippen LogP contribution in [0.3, 0.4) is 0 Å². The predicted octanol–water partition coefficient (Wildman–Crippen LogP) is 4.31. The van der Waals surface area contributed by atoms with Gasteiger partial charge in [0.25, 0.3) is 0 Å². The van der Waals surface area contributed by atoms with E-state index in [0.29, 0.717) is 13.1 Å². The smallest absolute Gasteiger partial charge is 0.225 e. The molecular weight excluding hydrogens is 438 g/mol. The molecule has 2 atom stereocenters. The van der Waals surface area contributed by atoms with E-state index in [1.54, 1.807) is 0 Å². The molecule has 0 radical (unpaired) electrons. The summed E-state index contributed by atoms with van der Waals surface area (Å²) < 4.78 is 0. The second-order valence-corrected chi connectivity index (χ2v) is 11.4. The van der Waals surface area contributed by atoms with E-state index in [9.17, 15) is 9.90 Å². The number of carbonyl (C=O) groups excluding carboxylic acids is 1. The summed E-state index contributed by atoms with van der Waals surface area (Å²) in [5.41, 5.74) is 7.93. The minimum absolute atomic E-state index is 0.0419. The van der Waals surface area contributed by atoms with Crippen molar-refractivity contribution in [3.63, 3.8) is 0 Å². The molecule has 7 nitrogen and oxygen atoms in total. The van der Waals surface area contributed by atoms with Crippen molar-refractivity contribution < 1.29 is 9.90 Å². The Balaban J connectivity index is 1.50. The number of nitrogens with one attached hydrogen (secondary N) is 2. The molecule has 1 aliphatic heterocycles. The van der Waals surface area contributed by atoms with Crippen LogP contribution >= 0.6 is 0 Å². The zero-order valence-corrected chi connectivity index (χ0v) is 21.9. The number of aromatic amines is 2. The third-order valence-electron chi connectivity index (χ3n) is 7.39. The number of aryl methyl sites for hydroxylation is 1. The van der Waals surface area contributed by atoms with E-state index in [2.05, 4.69) is 72.6 Å². The summed E-state index contributed by atoms with van der Waals surface area (Å²) in [5, 5.41) is 17.6. The lowest BCUT2D eigenvalue weighted by Gasteiger charge is -2.35. The van der Waals surface area contributed by atoms with Gasteiger partial charge in [0.1, 0.15) is 5.69 Å². The van der Waals surface area contributed by atoms with Crippen molar-refractivity contribution >= 4 is 12.0 Å². The van der Waals surface area contributed by atoms with E-state index < -0.39 is 0 Å². The molecule has 1 amide bonds. The summed E-state index contributed by atoms with van der Waals surface area (Å²) in [4.78, 5) is 20.1. The summed E-state index contributed by atoms with van der Waals surface area (Å²) in [5.74, 6) is 0.282. The monoisotopic (exact) mass is 479 g/mol. The minimum Gasteiger partial charge on any atom is -0.395 e. The Kier molecular flexibility index (Phi) is 7.27. The average molecular weight is 480 g/mol. The minimum atomic E-state index is 0.0419. The number of hydrogen-bond acceptors (Lipinski definition) is 4. The van der Waals surface area contributed by atoms with Crippen LogP contribution in [0.1, 0.15) is 63.1 Å². The van der Waals surface area contributed by atoms with Gasteiger partial charge in [-0.1, -0.05) is 46.4 Å². The lowest BCUT2D eigenvalue weighted by atomic mass is 9.88. The Labute approximate surface area is 209 Å². The van der Waals surface area contributed by atoms with Crippen molar-refractivity contribution in [3.8, 4) is 11.4 Å². The van der Waals surface area contributed by atoms with Crippen molar-refractivity contribution in [2.24, 2.45) is 11.3 Å². The molecule has 4 rings (SSSR count). The van der Waals surface area contributed by atoms with Gasteiger partial charge in [-0.25, -0.2) is 0 Å². The van der Waals surface area contributed by atoms with Crippen molar-refractivity contribution in [2.75, 3.05) is 26.2 Å². The molecule has 1 aliphatic carbocycles. The zero-order chi connectivity index (χ0) is 25.3. The Bertz CT molecular complexity index is 1100. The van der Waals surface area contributed by atoms with E-state index in [1.165, 1.54) is 11.1 Å². The highest BCUT2D eigenvalue weighted by atomic mass is 16.3. The highest BCUT2D eigenvalue weighted by Crippen LogP contribution is 2.32. The number of hydrogen-bond donors (Lipinski definition) is 3. The van der Waals surface area contributed by atoms with Gasteiger partial charge in [0.15, 0.2) is 0 Å². The number of H-pyrrole nitrogens is 2. The lowest BCUT2D eigenvalue weighted by molar-refractivity contribution is -0.130. The fourth-order valence-electron chi connectivity index (χ4n) is 5.17. The molecule has 2 unspecified atom stereocenters. The molecule has 0 saturated carbocycles. The van der Waals surface area contributed by atoms with Crippen molar-refractivity contribution in [3.05, 3.63) is 46.9 Å². The van der Waals surface area contributed by atoms with E-state index in [1.807, 2.05) is 11.8 Å². The van der Waals surface area contributed by atoms with Crippen molar-refractivity contribution in [2.45, 2.75) is 66.3 Å². The molecule has 0 aromatic carbocycles.